The van der Waals surface area contributed by atoms with Crippen molar-refractivity contribution in [3.8, 4) is 9.89 Å². The fourth-order valence-corrected chi connectivity index (χ4v) is 2.89. The molecule has 0 nitrogen and oxygen atoms in total. The van der Waals surface area contributed by atoms with Crippen LogP contribution in [0.15, 0.2) is 54.6 Å². The third-order valence-corrected chi connectivity index (χ3v) is 4.24. The predicted molar refractivity (Wildman–Crippen MR) is 70.2 cm³/mol. The van der Waals surface area contributed by atoms with E-state index in [4.69, 9.17) is 11.6 Å². The van der Waals surface area contributed by atoms with Crippen molar-refractivity contribution in [1.29, 1.82) is 0 Å². The second-order valence-electron chi connectivity index (χ2n) is 3.15. The van der Waals surface area contributed by atoms with Crippen molar-refractivity contribution >= 4 is 36.1 Å². The Morgan fingerprint density at radius 1 is 0.875 bits per heavy atom. The predicted octanol–water partition coefficient (Wildman–Crippen LogP) is 2.68. The van der Waals surface area contributed by atoms with E-state index in [-0.39, 0.29) is 0 Å². The number of benzene rings is 2. The maximum absolute atomic E-state index is 5.82. The Balaban J connectivity index is 2.03. The fraction of sp³-hybridized carbons (Fsp3) is 0. The molecular weight excluding hydrogens is 331 g/mol. The molecule has 2 heteroatoms. The molecule has 0 unspecified atom stereocenters. The van der Waals surface area contributed by atoms with Gasteiger partial charge in [0.05, 0.1) is 0 Å². The van der Waals surface area contributed by atoms with Gasteiger partial charge in [0.2, 0.25) is 0 Å². The zero-order valence-corrected chi connectivity index (χ0v) is 11.6. The summed E-state index contributed by atoms with van der Waals surface area (Å²) in [5.74, 6) is 3.18. The van der Waals surface area contributed by atoms with E-state index in [1.54, 1.807) is 0 Å². The van der Waals surface area contributed by atoms with E-state index in [0.29, 0.717) is 0 Å². The quantitative estimate of drug-likeness (QED) is 0.553. The van der Waals surface area contributed by atoms with Gasteiger partial charge in [-0.1, -0.05) is 0 Å². The van der Waals surface area contributed by atoms with E-state index >= 15 is 0 Å². The Morgan fingerprint density at radius 3 is 2.25 bits per heavy atom. The number of halogens is 1. The van der Waals surface area contributed by atoms with Gasteiger partial charge in [0.25, 0.3) is 0 Å². The molecule has 0 heterocycles. The van der Waals surface area contributed by atoms with Gasteiger partial charge in [0.15, 0.2) is 0 Å². The molecule has 78 valence electrons. The first kappa shape index (κ1) is 11.6. The molecule has 0 aliphatic carbocycles. The van der Waals surface area contributed by atoms with Gasteiger partial charge in [0.1, 0.15) is 0 Å². The van der Waals surface area contributed by atoms with Crippen LogP contribution in [0.2, 0.25) is 5.02 Å². The van der Waals surface area contributed by atoms with Gasteiger partial charge in [-0.05, 0) is 0 Å². The van der Waals surface area contributed by atoms with Crippen LogP contribution in [0.3, 0.4) is 0 Å². The van der Waals surface area contributed by atoms with Crippen molar-refractivity contribution in [2.24, 2.45) is 0 Å². The van der Waals surface area contributed by atoms with Crippen molar-refractivity contribution < 1.29 is 0 Å². The Labute approximate surface area is 111 Å². The van der Waals surface area contributed by atoms with Crippen LogP contribution in [0.25, 0.3) is 0 Å². The Kier molecular flexibility index (Phi) is 4.32. The Bertz CT molecular complexity index is 506. The third kappa shape index (κ3) is 3.58. The van der Waals surface area contributed by atoms with Gasteiger partial charge >= 0.3 is 111 Å². The molecule has 16 heavy (non-hydrogen) atoms. The summed E-state index contributed by atoms with van der Waals surface area (Å²) >= 11 is 5.41. The fourth-order valence-electron chi connectivity index (χ4n) is 1.17. The molecule has 2 aromatic rings. The first-order valence-corrected chi connectivity index (χ1v) is 7.54. The summed E-state index contributed by atoms with van der Waals surface area (Å²) in [5.41, 5.74) is 1.08. The van der Waals surface area contributed by atoms with Crippen LogP contribution in [0.1, 0.15) is 5.56 Å². The first-order valence-electron chi connectivity index (χ1n) is 4.83. The molecule has 2 aromatic carbocycles. The average Bonchev–Trinajstić information content (AvgIpc) is 2.33. The molecule has 0 saturated carbocycles. The van der Waals surface area contributed by atoms with Crippen LogP contribution in [-0.4, -0.2) is 20.9 Å². The minimum absolute atomic E-state index is 0.411. The number of rotatable bonds is 1. The minimum atomic E-state index is -0.411. The van der Waals surface area contributed by atoms with E-state index in [1.165, 1.54) is 3.61 Å². The second kappa shape index (κ2) is 5.97. The van der Waals surface area contributed by atoms with Crippen molar-refractivity contribution in [1.82, 2.24) is 0 Å². The Morgan fingerprint density at radius 2 is 1.56 bits per heavy atom. The molecule has 0 atom stereocenters. The van der Waals surface area contributed by atoms with Crippen molar-refractivity contribution in [2.75, 3.05) is 0 Å². The van der Waals surface area contributed by atoms with Gasteiger partial charge in [-0.15, -0.1) is 0 Å². The van der Waals surface area contributed by atoms with Crippen LogP contribution >= 0.6 is 11.6 Å². The number of hydrogen-bond donors (Lipinski definition) is 0. The van der Waals surface area contributed by atoms with Crippen LogP contribution in [0, 0.1) is 9.89 Å². The summed E-state index contributed by atoms with van der Waals surface area (Å²) in [6.45, 7) is 0. The molecule has 0 aliphatic rings. The number of hydrogen-bond acceptors (Lipinski definition) is 0. The molecule has 0 aromatic heterocycles. The first-order chi connectivity index (χ1) is 7.84. The zero-order valence-electron chi connectivity index (χ0n) is 8.48. The molecule has 0 bridgehead atoms. The van der Waals surface area contributed by atoms with Crippen LogP contribution in [0.5, 0.6) is 0 Å². The van der Waals surface area contributed by atoms with Crippen LogP contribution in [-0.2, 0) is 0 Å². The van der Waals surface area contributed by atoms with E-state index in [9.17, 15) is 0 Å². The molecule has 0 amide bonds. The summed E-state index contributed by atoms with van der Waals surface area (Å²) in [6.07, 6.45) is 0. The second-order valence-corrected chi connectivity index (χ2v) is 6.10. The van der Waals surface area contributed by atoms with Crippen molar-refractivity contribution in [3.63, 3.8) is 0 Å². The molecule has 0 saturated heterocycles. The molecule has 2 rings (SSSR count). The normalized spacial score (nSPS) is 9.31. The maximum atomic E-state index is 5.82. The van der Waals surface area contributed by atoms with Gasteiger partial charge in [-0.3, -0.25) is 0 Å². The molecule has 0 N–H and O–H groups in total. The van der Waals surface area contributed by atoms with E-state index in [1.807, 2.05) is 42.5 Å². The van der Waals surface area contributed by atoms with Crippen LogP contribution in [0.4, 0.5) is 0 Å². The van der Waals surface area contributed by atoms with Crippen molar-refractivity contribution in [2.45, 2.75) is 0 Å². The average molecular weight is 340 g/mol. The van der Waals surface area contributed by atoms with Gasteiger partial charge in [0, 0.05) is 0 Å². The van der Waals surface area contributed by atoms with Crippen LogP contribution < -0.4 is 3.61 Å². The summed E-state index contributed by atoms with van der Waals surface area (Å²) in [7, 11) is 0. The zero-order chi connectivity index (χ0) is 11.2. The summed E-state index contributed by atoms with van der Waals surface area (Å²) in [4.78, 5) is 0. The SMILES string of the molecule is Clc1ccc([Te]C#Cc2ccccc2)cc1. The van der Waals surface area contributed by atoms with Crippen molar-refractivity contribution in [3.05, 3.63) is 65.2 Å². The van der Waals surface area contributed by atoms with E-state index in [2.05, 4.69) is 22.0 Å². The Hall–Kier alpha value is -0.920. The molecular formula is C14H9ClTe. The van der Waals surface area contributed by atoms with Gasteiger partial charge < -0.3 is 0 Å². The summed E-state index contributed by atoms with van der Waals surface area (Å²) in [5, 5.41) is 0.784. The summed E-state index contributed by atoms with van der Waals surface area (Å²) in [6, 6.07) is 18.0. The standard InChI is InChI=1S/C14H9ClTe/c15-13-6-8-14(9-7-13)16-11-10-12-4-2-1-3-5-12/h1-9H. The topological polar surface area (TPSA) is 0 Å². The van der Waals surface area contributed by atoms with Gasteiger partial charge in [-0.25, -0.2) is 0 Å². The monoisotopic (exact) mass is 342 g/mol. The van der Waals surface area contributed by atoms with E-state index in [0.717, 1.165) is 10.6 Å². The van der Waals surface area contributed by atoms with Gasteiger partial charge in [-0.2, -0.15) is 0 Å². The molecule has 0 radical (unpaired) electrons. The summed E-state index contributed by atoms with van der Waals surface area (Å²) < 4.78 is 4.59. The van der Waals surface area contributed by atoms with E-state index < -0.39 is 20.9 Å². The third-order valence-electron chi connectivity index (χ3n) is 1.95. The molecule has 0 aliphatic heterocycles. The molecule has 0 spiro atoms. The molecule has 0 fully saturated rings.